The van der Waals surface area contributed by atoms with E-state index in [4.69, 9.17) is 4.74 Å². The summed E-state index contributed by atoms with van der Waals surface area (Å²) >= 11 is 0. The quantitative estimate of drug-likeness (QED) is 0.446. The summed E-state index contributed by atoms with van der Waals surface area (Å²) in [6.07, 6.45) is -1.22. The molecule has 2 heterocycles. The van der Waals surface area contributed by atoms with Gasteiger partial charge in [0, 0.05) is 31.3 Å². The minimum Gasteiger partial charge on any atom is -0.378 e. The van der Waals surface area contributed by atoms with Crippen LogP contribution in [0.2, 0.25) is 0 Å². The number of carbonyl (C=O) groups is 1. The predicted molar refractivity (Wildman–Crippen MR) is 118 cm³/mol. The molecule has 2 aromatic rings. The van der Waals surface area contributed by atoms with Crippen LogP contribution in [-0.4, -0.2) is 51.9 Å². The minimum atomic E-state index is -4.61. The molecule has 0 bridgehead atoms. The zero-order valence-corrected chi connectivity index (χ0v) is 18.8. The highest BCUT2D eigenvalue weighted by Gasteiger charge is 2.33. The van der Waals surface area contributed by atoms with Crippen molar-refractivity contribution in [2.75, 3.05) is 42.2 Å². The number of pyridine rings is 1. The number of nitrogens with zero attached hydrogens (tertiary/aromatic N) is 2. The second-order valence-corrected chi connectivity index (χ2v) is 9.19. The van der Waals surface area contributed by atoms with E-state index in [9.17, 15) is 30.8 Å². The molecule has 2 N–H and O–H groups in total. The fourth-order valence-electron chi connectivity index (χ4n) is 3.14. The number of carbonyl (C=O) groups excluding carboxylic acids is 1. The molecule has 8 nitrogen and oxygen atoms in total. The van der Waals surface area contributed by atoms with E-state index in [0.29, 0.717) is 37.4 Å². The molecule has 1 aliphatic heterocycles. The first-order chi connectivity index (χ1) is 15.9. The summed E-state index contributed by atoms with van der Waals surface area (Å²) < 4.78 is 83.2. The van der Waals surface area contributed by atoms with Crippen molar-refractivity contribution in [3.63, 3.8) is 0 Å². The lowest BCUT2D eigenvalue weighted by Crippen LogP contribution is -2.37. The summed E-state index contributed by atoms with van der Waals surface area (Å²) in [5.41, 5.74) is -0.551. The highest BCUT2D eigenvalue weighted by Crippen LogP contribution is 2.31. The van der Waals surface area contributed by atoms with E-state index in [0.717, 1.165) is 24.5 Å². The highest BCUT2D eigenvalue weighted by atomic mass is 32.2. The maximum absolute atomic E-state index is 14.1. The van der Waals surface area contributed by atoms with Crippen LogP contribution >= 0.6 is 0 Å². The molecule has 0 atom stereocenters. The number of nitrogens with one attached hydrogen (secondary N) is 2. The number of morpholine rings is 1. The zero-order valence-electron chi connectivity index (χ0n) is 18.0. The van der Waals surface area contributed by atoms with Crippen molar-refractivity contribution in [3.05, 3.63) is 59.0 Å². The Morgan fingerprint density at radius 1 is 1.21 bits per heavy atom. The standard InChI is InChI=1S/C21H22F4N4O4S/c1-34(31,32)28-17-5-2-14(12-16(17)22)13-26-19(30)7-4-15-3-6-18(21(23,24)25)27-20(15)29-8-10-33-11-9-29/h2-7,12,28H,8-11,13H2,1H3,(H,26,30)/b7-4+. The van der Waals surface area contributed by atoms with Gasteiger partial charge in [0.1, 0.15) is 17.3 Å². The van der Waals surface area contributed by atoms with Crippen LogP contribution in [-0.2, 0) is 32.3 Å². The lowest BCUT2D eigenvalue weighted by molar-refractivity contribution is -0.141. The number of halogens is 4. The maximum atomic E-state index is 14.1. The van der Waals surface area contributed by atoms with E-state index in [1.807, 2.05) is 4.72 Å². The van der Waals surface area contributed by atoms with E-state index in [1.165, 1.54) is 24.3 Å². The molecule has 1 fully saturated rings. The first kappa shape index (κ1) is 25.4. The summed E-state index contributed by atoms with van der Waals surface area (Å²) in [7, 11) is -3.64. The molecule has 1 saturated heterocycles. The van der Waals surface area contributed by atoms with Crippen molar-refractivity contribution in [1.82, 2.24) is 10.3 Å². The second kappa shape index (κ2) is 10.4. The van der Waals surface area contributed by atoms with E-state index >= 15 is 0 Å². The molecule has 1 aliphatic rings. The third-order valence-electron chi connectivity index (χ3n) is 4.72. The molecule has 34 heavy (non-hydrogen) atoms. The summed E-state index contributed by atoms with van der Waals surface area (Å²) in [6, 6.07) is 5.84. The molecular weight excluding hydrogens is 480 g/mol. The van der Waals surface area contributed by atoms with Crippen LogP contribution in [0.5, 0.6) is 0 Å². The van der Waals surface area contributed by atoms with E-state index in [-0.39, 0.29) is 18.1 Å². The van der Waals surface area contributed by atoms with Crippen LogP contribution in [0.4, 0.5) is 29.1 Å². The first-order valence-corrected chi connectivity index (χ1v) is 11.9. The number of alkyl halides is 3. The third-order valence-corrected chi connectivity index (χ3v) is 5.31. The number of benzene rings is 1. The molecule has 3 rings (SSSR count). The first-order valence-electron chi connectivity index (χ1n) is 10.1. The monoisotopic (exact) mass is 502 g/mol. The van der Waals surface area contributed by atoms with Gasteiger partial charge in [0.05, 0.1) is 25.2 Å². The van der Waals surface area contributed by atoms with Gasteiger partial charge in [-0.2, -0.15) is 13.2 Å². The summed E-state index contributed by atoms with van der Waals surface area (Å²) in [5, 5.41) is 2.53. The number of hydrogen-bond acceptors (Lipinski definition) is 6. The average molecular weight is 502 g/mol. The van der Waals surface area contributed by atoms with Gasteiger partial charge in [-0.15, -0.1) is 0 Å². The number of aromatic nitrogens is 1. The highest BCUT2D eigenvalue weighted by molar-refractivity contribution is 7.92. The largest absolute Gasteiger partial charge is 0.433 e. The number of anilines is 2. The molecule has 0 radical (unpaired) electrons. The fraction of sp³-hybridized carbons (Fsp3) is 0.333. The maximum Gasteiger partial charge on any atom is 0.433 e. The van der Waals surface area contributed by atoms with E-state index in [2.05, 4.69) is 10.3 Å². The van der Waals surface area contributed by atoms with Gasteiger partial charge in [-0.3, -0.25) is 9.52 Å². The van der Waals surface area contributed by atoms with Crippen molar-refractivity contribution in [2.45, 2.75) is 12.7 Å². The number of amides is 1. The van der Waals surface area contributed by atoms with Gasteiger partial charge in [0.2, 0.25) is 15.9 Å². The summed E-state index contributed by atoms with van der Waals surface area (Å²) in [6.45, 7) is 1.35. The normalized spacial score (nSPS) is 14.9. The Balaban J connectivity index is 1.70. The van der Waals surface area contributed by atoms with Gasteiger partial charge in [-0.25, -0.2) is 17.8 Å². The molecule has 184 valence electrons. The van der Waals surface area contributed by atoms with E-state index < -0.39 is 33.6 Å². The van der Waals surface area contributed by atoms with Crippen LogP contribution < -0.4 is 14.9 Å². The van der Waals surface area contributed by atoms with Gasteiger partial charge in [0.25, 0.3) is 0 Å². The number of ether oxygens (including phenoxy) is 1. The Kier molecular flexibility index (Phi) is 7.77. The Bertz CT molecular complexity index is 1180. The third kappa shape index (κ3) is 7.15. The predicted octanol–water partition coefficient (Wildman–Crippen LogP) is 2.78. The summed E-state index contributed by atoms with van der Waals surface area (Å²) in [4.78, 5) is 17.6. The molecule has 1 aromatic carbocycles. The van der Waals surface area contributed by atoms with Crippen LogP contribution in [0.1, 0.15) is 16.8 Å². The molecular formula is C21H22F4N4O4S. The van der Waals surface area contributed by atoms with E-state index in [1.54, 1.807) is 4.90 Å². The SMILES string of the molecule is CS(=O)(=O)Nc1ccc(CNC(=O)/C=C/c2ccc(C(F)(F)F)nc2N2CCOCC2)cc1F. The average Bonchev–Trinajstić information content (AvgIpc) is 2.77. The molecule has 0 saturated carbocycles. The van der Waals surface area contributed by atoms with Crippen molar-refractivity contribution >= 4 is 33.5 Å². The number of hydrogen-bond donors (Lipinski definition) is 2. The smallest absolute Gasteiger partial charge is 0.378 e. The van der Waals surface area contributed by atoms with Crippen molar-refractivity contribution in [2.24, 2.45) is 0 Å². The molecule has 0 unspecified atom stereocenters. The van der Waals surface area contributed by atoms with Crippen LogP contribution in [0.3, 0.4) is 0 Å². The van der Waals surface area contributed by atoms with Crippen LogP contribution in [0, 0.1) is 5.82 Å². The van der Waals surface area contributed by atoms with Crippen molar-refractivity contribution in [3.8, 4) is 0 Å². The van der Waals surface area contributed by atoms with Crippen molar-refractivity contribution in [1.29, 1.82) is 0 Å². The van der Waals surface area contributed by atoms with Gasteiger partial charge in [-0.1, -0.05) is 6.07 Å². The molecule has 1 amide bonds. The number of rotatable bonds is 7. The topological polar surface area (TPSA) is 101 Å². The lowest BCUT2D eigenvalue weighted by Gasteiger charge is -2.29. The van der Waals surface area contributed by atoms with Gasteiger partial charge in [-0.05, 0) is 35.9 Å². The Hall–Kier alpha value is -3.19. The van der Waals surface area contributed by atoms with Crippen LogP contribution in [0.15, 0.2) is 36.4 Å². The molecule has 1 aromatic heterocycles. The van der Waals surface area contributed by atoms with Gasteiger partial charge >= 0.3 is 6.18 Å². The summed E-state index contributed by atoms with van der Waals surface area (Å²) in [5.74, 6) is -1.27. The van der Waals surface area contributed by atoms with Gasteiger partial charge in [0.15, 0.2) is 0 Å². The van der Waals surface area contributed by atoms with Gasteiger partial charge < -0.3 is 15.0 Å². The minimum absolute atomic E-state index is 0.0547. The second-order valence-electron chi connectivity index (χ2n) is 7.45. The molecule has 13 heteroatoms. The Morgan fingerprint density at radius 2 is 1.91 bits per heavy atom. The zero-order chi connectivity index (χ0) is 24.9. The molecule has 0 aliphatic carbocycles. The molecule has 0 spiro atoms. The Labute approximate surface area is 193 Å². The van der Waals surface area contributed by atoms with Crippen LogP contribution in [0.25, 0.3) is 6.08 Å². The fourth-order valence-corrected chi connectivity index (χ4v) is 3.71. The van der Waals surface area contributed by atoms with Crippen molar-refractivity contribution < 1.29 is 35.5 Å². The Morgan fingerprint density at radius 3 is 2.53 bits per heavy atom. The number of sulfonamides is 1. The lowest BCUT2D eigenvalue weighted by atomic mass is 10.1.